The van der Waals surface area contributed by atoms with Gasteiger partial charge in [-0.2, -0.15) is 0 Å². The molecule has 210 valence electrons. The van der Waals surface area contributed by atoms with Gasteiger partial charge in [0.15, 0.2) is 0 Å². The van der Waals surface area contributed by atoms with Gasteiger partial charge in [0.25, 0.3) is 0 Å². The van der Waals surface area contributed by atoms with E-state index in [9.17, 15) is 4.39 Å². The zero-order valence-corrected chi connectivity index (χ0v) is 22.9. The van der Waals surface area contributed by atoms with Crippen molar-refractivity contribution in [1.29, 1.82) is 0 Å². The van der Waals surface area contributed by atoms with E-state index in [2.05, 4.69) is 65.8 Å². The third-order valence-corrected chi connectivity index (χ3v) is 7.15. The number of rotatable bonds is 0. The second-order valence-electron chi connectivity index (χ2n) is 11.1. The normalized spacial score (nSPS) is 22.1. The van der Waals surface area contributed by atoms with Gasteiger partial charge < -0.3 is 0 Å². The SMILES string of the molecule is C.C.C.CC1CCC(C)CC1.CC1CCC(C)CC1.Cc1ccc(C)c(F)c1.Cc1ccc(C)cc1. The second kappa shape index (κ2) is 21.5. The highest BCUT2D eigenvalue weighted by molar-refractivity contribution is 5.21. The van der Waals surface area contributed by atoms with Gasteiger partial charge in [-0.15, -0.1) is 0 Å². The Balaban J connectivity index is -0.000000393. The van der Waals surface area contributed by atoms with Crippen LogP contribution in [-0.2, 0) is 0 Å². The third kappa shape index (κ3) is 18.6. The first-order valence-corrected chi connectivity index (χ1v) is 13.3. The number of hydrogen-bond donors (Lipinski definition) is 0. The molecule has 0 atom stereocenters. The topological polar surface area (TPSA) is 0 Å². The van der Waals surface area contributed by atoms with Crippen LogP contribution in [0.4, 0.5) is 4.39 Å². The smallest absolute Gasteiger partial charge is 0.126 e. The number of aryl methyl sites for hydroxylation is 4. The molecular formula is C35H63F. The molecule has 0 nitrogen and oxygen atoms in total. The van der Waals surface area contributed by atoms with Crippen LogP contribution in [0.5, 0.6) is 0 Å². The van der Waals surface area contributed by atoms with Crippen molar-refractivity contribution in [2.24, 2.45) is 23.7 Å². The average molecular weight is 503 g/mol. The maximum atomic E-state index is 12.6. The molecule has 2 aliphatic rings. The molecule has 0 bridgehead atoms. The molecule has 0 unspecified atom stereocenters. The molecule has 2 aliphatic carbocycles. The van der Waals surface area contributed by atoms with E-state index in [1.807, 2.05) is 13.0 Å². The van der Waals surface area contributed by atoms with Crippen molar-refractivity contribution >= 4 is 0 Å². The summed E-state index contributed by atoms with van der Waals surface area (Å²) in [6.07, 6.45) is 11.8. The van der Waals surface area contributed by atoms with Crippen molar-refractivity contribution in [1.82, 2.24) is 0 Å². The molecule has 1 heteroatoms. The largest absolute Gasteiger partial charge is 0.207 e. The van der Waals surface area contributed by atoms with Crippen LogP contribution in [-0.4, -0.2) is 0 Å². The molecule has 0 amide bonds. The molecule has 2 aromatic rings. The summed E-state index contributed by atoms with van der Waals surface area (Å²) in [5, 5.41) is 0. The van der Waals surface area contributed by atoms with Gasteiger partial charge in [0.1, 0.15) is 5.82 Å². The minimum Gasteiger partial charge on any atom is -0.207 e. The zero-order chi connectivity index (χ0) is 24.8. The number of halogens is 1. The molecule has 0 heterocycles. The van der Waals surface area contributed by atoms with E-state index >= 15 is 0 Å². The molecule has 4 rings (SSSR count). The Morgan fingerprint density at radius 2 is 0.722 bits per heavy atom. The fourth-order valence-corrected chi connectivity index (χ4v) is 4.19. The third-order valence-electron chi connectivity index (χ3n) is 7.15. The van der Waals surface area contributed by atoms with Crippen LogP contribution in [0.2, 0.25) is 0 Å². The highest BCUT2D eigenvalue weighted by Gasteiger charge is 2.13. The van der Waals surface area contributed by atoms with Gasteiger partial charge in [-0.1, -0.05) is 149 Å². The summed E-state index contributed by atoms with van der Waals surface area (Å²) >= 11 is 0. The van der Waals surface area contributed by atoms with Crippen molar-refractivity contribution in [2.75, 3.05) is 0 Å². The van der Waals surface area contributed by atoms with E-state index in [1.165, 1.54) is 68.6 Å². The van der Waals surface area contributed by atoms with Gasteiger partial charge in [0, 0.05) is 0 Å². The van der Waals surface area contributed by atoms with Crippen molar-refractivity contribution in [2.45, 2.75) is 129 Å². The summed E-state index contributed by atoms with van der Waals surface area (Å²) in [5.41, 5.74) is 4.34. The summed E-state index contributed by atoms with van der Waals surface area (Å²) < 4.78 is 12.6. The molecule has 2 saturated carbocycles. The van der Waals surface area contributed by atoms with E-state index in [1.54, 1.807) is 13.0 Å². The van der Waals surface area contributed by atoms with E-state index < -0.39 is 0 Å². The average Bonchev–Trinajstić information content (AvgIpc) is 2.79. The van der Waals surface area contributed by atoms with Gasteiger partial charge in [0.05, 0.1) is 0 Å². The van der Waals surface area contributed by atoms with Gasteiger partial charge >= 0.3 is 0 Å². The Labute approximate surface area is 227 Å². The maximum Gasteiger partial charge on any atom is 0.126 e. The molecule has 0 spiro atoms. The van der Waals surface area contributed by atoms with Crippen LogP contribution in [0.25, 0.3) is 0 Å². The fraction of sp³-hybridized carbons (Fsp3) is 0.657. The minimum atomic E-state index is -0.116. The minimum absolute atomic E-state index is 0. The second-order valence-corrected chi connectivity index (χ2v) is 11.1. The lowest BCUT2D eigenvalue weighted by atomic mass is 9.84. The van der Waals surface area contributed by atoms with Crippen molar-refractivity contribution < 1.29 is 4.39 Å². The van der Waals surface area contributed by atoms with Crippen LogP contribution < -0.4 is 0 Å². The fourth-order valence-electron chi connectivity index (χ4n) is 4.19. The summed E-state index contributed by atoms with van der Waals surface area (Å²) in [6, 6.07) is 13.7. The van der Waals surface area contributed by atoms with Gasteiger partial charge in [-0.05, 0) is 68.6 Å². The lowest BCUT2D eigenvalue weighted by Gasteiger charge is -2.22. The van der Waals surface area contributed by atoms with Crippen LogP contribution in [0, 0.1) is 57.2 Å². The summed E-state index contributed by atoms with van der Waals surface area (Å²) in [5.74, 6) is 3.96. The van der Waals surface area contributed by atoms with Crippen LogP contribution in [0.1, 0.15) is 124 Å². The lowest BCUT2D eigenvalue weighted by molar-refractivity contribution is 0.308. The van der Waals surface area contributed by atoms with Crippen LogP contribution in [0.15, 0.2) is 42.5 Å². The maximum absolute atomic E-state index is 12.6. The first-order valence-electron chi connectivity index (χ1n) is 13.3. The van der Waals surface area contributed by atoms with E-state index in [4.69, 9.17) is 0 Å². The van der Waals surface area contributed by atoms with Gasteiger partial charge in [-0.25, -0.2) is 4.39 Å². The van der Waals surface area contributed by atoms with Crippen molar-refractivity contribution in [3.05, 3.63) is 70.5 Å². The van der Waals surface area contributed by atoms with Gasteiger partial charge in [-0.3, -0.25) is 0 Å². The summed E-state index contributed by atoms with van der Waals surface area (Å²) in [7, 11) is 0. The Morgan fingerprint density at radius 3 is 0.944 bits per heavy atom. The molecule has 36 heavy (non-hydrogen) atoms. The lowest BCUT2D eigenvalue weighted by Crippen LogP contribution is -2.08. The molecule has 0 saturated heterocycles. The Hall–Kier alpha value is -1.63. The van der Waals surface area contributed by atoms with Crippen LogP contribution in [0.3, 0.4) is 0 Å². The van der Waals surface area contributed by atoms with E-state index in [-0.39, 0.29) is 28.1 Å². The molecule has 0 aliphatic heterocycles. The molecule has 0 N–H and O–H groups in total. The molecule has 0 radical (unpaired) electrons. The van der Waals surface area contributed by atoms with E-state index in [0.717, 1.165) is 29.2 Å². The Kier molecular flexibility index (Phi) is 23.2. The number of benzene rings is 2. The van der Waals surface area contributed by atoms with E-state index in [0.29, 0.717) is 5.56 Å². The predicted molar refractivity (Wildman–Crippen MR) is 166 cm³/mol. The van der Waals surface area contributed by atoms with Gasteiger partial charge in [0.2, 0.25) is 0 Å². The molecular weight excluding hydrogens is 439 g/mol. The zero-order valence-electron chi connectivity index (χ0n) is 22.9. The summed E-state index contributed by atoms with van der Waals surface area (Å²) in [4.78, 5) is 0. The molecule has 0 aromatic heterocycles. The van der Waals surface area contributed by atoms with Crippen molar-refractivity contribution in [3.63, 3.8) is 0 Å². The highest BCUT2D eigenvalue weighted by atomic mass is 19.1. The first-order chi connectivity index (χ1) is 15.6. The Morgan fingerprint density at radius 1 is 0.472 bits per heavy atom. The monoisotopic (exact) mass is 502 g/mol. The summed E-state index contributed by atoms with van der Waals surface area (Å²) in [6.45, 7) is 17.3. The molecule has 2 aromatic carbocycles. The quantitative estimate of drug-likeness (QED) is 0.336. The molecule has 2 fully saturated rings. The standard InChI is InChI=1S/C8H9F.2C8H16.C8H10.3CH4/c1-6-3-4-7(2)8(9)5-6;3*1-7-3-5-8(2)6-4-7;;;/h3-5H,1-2H3;2*7-8H,3-6H2,1-2H3;3-6H,1-2H3;3*1H4. The van der Waals surface area contributed by atoms with Crippen LogP contribution >= 0.6 is 0 Å². The van der Waals surface area contributed by atoms with Crippen molar-refractivity contribution in [3.8, 4) is 0 Å². The predicted octanol–water partition coefficient (Wildman–Crippen LogP) is 12.3. The highest BCUT2D eigenvalue weighted by Crippen LogP contribution is 2.27. The number of hydrogen-bond acceptors (Lipinski definition) is 0. The Bertz CT molecular complexity index is 684. The first kappa shape index (κ1) is 38.9.